The first-order chi connectivity index (χ1) is 10.2. The van der Waals surface area contributed by atoms with Gasteiger partial charge in [-0.05, 0) is 43.1 Å². The van der Waals surface area contributed by atoms with Gasteiger partial charge in [-0.3, -0.25) is 0 Å². The van der Waals surface area contributed by atoms with Crippen molar-refractivity contribution in [3.8, 4) is 6.07 Å². The molecule has 0 radical (unpaired) electrons. The molecule has 1 aliphatic rings. The Kier molecular flexibility index (Phi) is 5.17. The highest BCUT2D eigenvalue weighted by Gasteiger charge is 2.32. The van der Waals surface area contributed by atoms with Crippen molar-refractivity contribution in [2.24, 2.45) is 5.41 Å². The molecule has 4 nitrogen and oxygen atoms in total. The highest BCUT2D eigenvalue weighted by atomic mass is 15.2. The molecule has 1 heterocycles. The van der Waals surface area contributed by atoms with Crippen LogP contribution in [0, 0.1) is 16.7 Å². The fraction of sp³-hybridized carbons (Fsp3) is 0.706. The van der Waals surface area contributed by atoms with Crippen molar-refractivity contribution >= 4 is 5.82 Å². The lowest BCUT2D eigenvalue weighted by Gasteiger charge is -2.28. The number of aromatic nitrogens is 2. The SMILES string of the molecule is CCc1nnc(NCC2(CC)CCCC2)c(C#N)c1CC. The van der Waals surface area contributed by atoms with Crippen LogP contribution < -0.4 is 5.32 Å². The third kappa shape index (κ3) is 3.18. The van der Waals surface area contributed by atoms with Gasteiger partial charge in [0.15, 0.2) is 5.82 Å². The Balaban J connectivity index is 2.22. The summed E-state index contributed by atoms with van der Waals surface area (Å²) in [5.74, 6) is 0.672. The Hall–Kier alpha value is -1.63. The Morgan fingerprint density at radius 2 is 1.86 bits per heavy atom. The van der Waals surface area contributed by atoms with Gasteiger partial charge in [-0.25, -0.2) is 0 Å². The molecular formula is C17H26N4. The molecule has 0 aliphatic heterocycles. The van der Waals surface area contributed by atoms with Crippen molar-refractivity contribution in [3.63, 3.8) is 0 Å². The van der Waals surface area contributed by atoms with Gasteiger partial charge < -0.3 is 5.32 Å². The van der Waals surface area contributed by atoms with Gasteiger partial charge in [0.05, 0.1) is 5.69 Å². The lowest BCUT2D eigenvalue weighted by Crippen LogP contribution is -2.27. The zero-order valence-corrected chi connectivity index (χ0v) is 13.5. The van der Waals surface area contributed by atoms with E-state index in [2.05, 4.69) is 42.4 Å². The quantitative estimate of drug-likeness (QED) is 0.862. The van der Waals surface area contributed by atoms with E-state index in [1.54, 1.807) is 0 Å². The summed E-state index contributed by atoms with van der Waals surface area (Å²) in [7, 11) is 0. The molecule has 0 saturated heterocycles. The monoisotopic (exact) mass is 286 g/mol. The van der Waals surface area contributed by atoms with Gasteiger partial charge in [0, 0.05) is 6.54 Å². The van der Waals surface area contributed by atoms with Crippen LogP contribution in [0.3, 0.4) is 0 Å². The second kappa shape index (κ2) is 6.89. The highest BCUT2D eigenvalue weighted by Crippen LogP contribution is 2.41. The number of nitrogens with zero attached hydrogens (tertiary/aromatic N) is 3. The van der Waals surface area contributed by atoms with Crippen LogP contribution in [-0.4, -0.2) is 16.7 Å². The standard InChI is InChI=1S/C17H26N4/c1-4-13-14(11-18)16(21-20-15(13)5-2)19-12-17(6-3)9-7-8-10-17/h4-10,12H2,1-3H3,(H,19,21). The predicted molar refractivity (Wildman–Crippen MR) is 85.2 cm³/mol. The summed E-state index contributed by atoms with van der Waals surface area (Å²) in [6.07, 6.45) is 8.03. The molecule has 1 N–H and O–H groups in total. The van der Waals surface area contributed by atoms with E-state index in [0.717, 1.165) is 30.6 Å². The fourth-order valence-corrected chi connectivity index (χ4v) is 3.47. The minimum Gasteiger partial charge on any atom is -0.367 e. The third-order valence-corrected chi connectivity index (χ3v) is 5.00. The Morgan fingerprint density at radius 1 is 1.14 bits per heavy atom. The lowest BCUT2D eigenvalue weighted by molar-refractivity contribution is 0.306. The van der Waals surface area contributed by atoms with Crippen molar-refractivity contribution in [3.05, 3.63) is 16.8 Å². The van der Waals surface area contributed by atoms with Gasteiger partial charge in [-0.2, -0.15) is 10.4 Å². The van der Waals surface area contributed by atoms with Gasteiger partial charge in [0.2, 0.25) is 0 Å². The average Bonchev–Trinajstić information content (AvgIpc) is 3.01. The van der Waals surface area contributed by atoms with Crippen molar-refractivity contribution in [2.75, 3.05) is 11.9 Å². The summed E-state index contributed by atoms with van der Waals surface area (Å²) in [6.45, 7) is 7.30. The highest BCUT2D eigenvalue weighted by molar-refractivity contribution is 5.56. The van der Waals surface area contributed by atoms with Crippen LogP contribution in [0.5, 0.6) is 0 Å². The average molecular weight is 286 g/mol. The molecule has 2 rings (SSSR count). The van der Waals surface area contributed by atoms with E-state index in [1.165, 1.54) is 32.1 Å². The molecule has 4 heteroatoms. The number of aryl methyl sites for hydroxylation is 1. The van der Waals surface area contributed by atoms with Crippen LogP contribution in [0.4, 0.5) is 5.82 Å². The smallest absolute Gasteiger partial charge is 0.166 e. The number of nitrogens with one attached hydrogen (secondary N) is 1. The van der Waals surface area contributed by atoms with E-state index >= 15 is 0 Å². The molecule has 1 aliphatic carbocycles. The molecule has 0 atom stereocenters. The zero-order chi connectivity index (χ0) is 15.3. The van der Waals surface area contributed by atoms with Crippen LogP contribution in [0.25, 0.3) is 0 Å². The van der Waals surface area contributed by atoms with Crippen LogP contribution in [0.15, 0.2) is 0 Å². The molecule has 114 valence electrons. The van der Waals surface area contributed by atoms with Crippen molar-refractivity contribution in [1.29, 1.82) is 5.26 Å². The molecule has 0 amide bonds. The minimum atomic E-state index is 0.379. The first-order valence-corrected chi connectivity index (χ1v) is 8.22. The molecule has 1 fully saturated rings. The first kappa shape index (κ1) is 15.8. The maximum atomic E-state index is 9.51. The molecule has 0 spiro atoms. The van der Waals surface area contributed by atoms with Gasteiger partial charge in [-0.15, -0.1) is 5.10 Å². The molecule has 1 saturated carbocycles. The maximum Gasteiger partial charge on any atom is 0.166 e. The molecule has 1 aromatic heterocycles. The van der Waals surface area contributed by atoms with Gasteiger partial charge in [-0.1, -0.05) is 33.6 Å². The van der Waals surface area contributed by atoms with E-state index in [1.807, 2.05) is 0 Å². The van der Waals surface area contributed by atoms with Gasteiger partial charge in [0.1, 0.15) is 11.6 Å². The molecular weight excluding hydrogens is 260 g/mol. The summed E-state index contributed by atoms with van der Waals surface area (Å²) in [5, 5.41) is 21.5. The molecule has 0 bridgehead atoms. The van der Waals surface area contributed by atoms with Gasteiger partial charge >= 0.3 is 0 Å². The minimum absolute atomic E-state index is 0.379. The van der Waals surface area contributed by atoms with Crippen molar-refractivity contribution in [2.45, 2.75) is 65.7 Å². The Bertz CT molecular complexity index is 524. The van der Waals surface area contributed by atoms with Crippen LogP contribution in [0.2, 0.25) is 0 Å². The predicted octanol–water partition coefficient (Wildman–Crippen LogP) is 3.86. The second-order valence-electron chi connectivity index (χ2n) is 6.08. The Labute approximate surface area is 128 Å². The number of anilines is 1. The molecule has 21 heavy (non-hydrogen) atoms. The zero-order valence-electron chi connectivity index (χ0n) is 13.5. The van der Waals surface area contributed by atoms with E-state index in [0.29, 0.717) is 16.8 Å². The van der Waals surface area contributed by atoms with E-state index in [-0.39, 0.29) is 0 Å². The summed E-state index contributed by atoms with van der Waals surface area (Å²) in [5.41, 5.74) is 3.07. The van der Waals surface area contributed by atoms with Crippen molar-refractivity contribution in [1.82, 2.24) is 10.2 Å². The molecule has 0 unspecified atom stereocenters. The summed E-state index contributed by atoms with van der Waals surface area (Å²) >= 11 is 0. The lowest BCUT2D eigenvalue weighted by atomic mass is 9.83. The number of nitriles is 1. The van der Waals surface area contributed by atoms with Gasteiger partial charge in [0.25, 0.3) is 0 Å². The molecule has 1 aromatic rings. The topological polar surface area (TPSA) is 61.6 Å². The van der Waals surface area contributed by atoms with E-state index in [4.69, 9.17) is 0 Å². The number of rotatable bonds is 6. The largest absolute Gasteiger partial charge is 0.367 e. The Morgan fingerprint density at radius 3 is 2.38 bits per heavy atom. The van der Waals surface area contributed by atoms with Crippen LogP contribution in [0.1, 0.15) is 69.7 Å². The summed E-state index contributed by atoms with van der Waals surface area (Å²) < 4.78 is 0. The van der Waals surface area contributed by atoms with E-state index < -0.39 is 0 Å². The molecule has 0 aromatic carbocycles. The number of hydrogen-bond donors (Lipinski definition) is 1. The summed E-state index contributed by atoms with van der Waals surface area (Å²) in [6, 6.07) is 2.33. The maximum absolute atomic E-state index is 9.51. The summed E-state index contributed by atoms with van der Waals surface area (Å²) in [4.78, 5) is 0. The third-order valence-electron chi connectivity index (χ3n) is 5.00. The van der Waals surface area contributed by atoms with E-state index in [9.17, 15) is 5.26 Å². The van der Waals surface area contributed by atoms with Crippen LogP contribution in [-0.2, 0) is 12.8 Å². The second-order valence-corrected chi connectivity index (χ2v) is 6.08. The van der Waals surface area contributed by atoms with Crippen molar-refractivity contribution < 1.29 is 0 Å². The van der Waals surface area contributed by atoms with Crippen LogP contribution >= 0.6 is 0 Å². The normalized spacial score (nSPS) is 16.7. The first-order valence-electron chi connectivity index (χ1n) is 8.22. The number of hydrogen-bond acceptors (Lipinski definition) is 4. The fourth-order valence-electron chi connectivity index (χ4n) is 3.47.